The summed E-state index contributed by atoms with van der Waals surface area (Å²) in [6, 6.07) is 7.57. The van der Waals surface area contributed by atoms with Crippen LogP contribution in [0, 0.1) is 12.7 Å². The van der Waals surface area contributed by atoms with Gasteiger partial charge in [-0.1, -0.05) is 12.1 Å². The number of aryl methyl sites for hydroxylation is 1. The normalized spacial score (nSPS) is 10.5. The molecular weight excluding hydrogens is 269 g/mol. The molecule has 0 atom stereocenters. The summed E-state index contributed by atoms with van der Waals surface area (Å²) < 4.78 is 15.3. The molecule has 0 N–H and O–H groups in total. The molecule has 0 aliphatic carbocycles. The first-order valence-corrected chi connectivity index (χ1v) is 6.02. The van der Waals surface area contributed by atoms with Gasteiger partial charge in [0, 0.05) is 23.5 Å². The Labute approximate surface area is 114 Å². The second kappa shape index (κ2) is 5.36. The Hall–Kier alpha value is -1.94. The molecule has 0 unspecified atom stereocenters. The van der Waals surface area contributed by atoms with E-state index in [2.05, 4.69) is 0 Å². The molecule has 0 radical (unpaired) electrons. The second-order valence-electron chi connectivity index (χ2n) is 4.16. The number of rotatable bonds is 3. The minimum Gasteiger partial charge on any atom is -0.318 e. The quantitative estimate of drug-likeness (QED) is 0.810. The average Bonchev–Trinajstić information content (AvgIpc) is 2.33. The van der Waals surface area contributed by atoms with Crippen molar-refractivity contribution in [3.63, 3.8) is 0 Å². The van der Waals surface area contributed by atoms with E-state index >= 15 is 0 Å². The van der Waals surface area contributed by atoms with Crippen molar-refractivity contribution in [3.05, 3.63) is 63.8 Å². The van der Waals surface area contributed by atoms with Crippen molar-refractivity contribution in [2.75, 3.05) is 0 Å². The van der Waals surface area contributed by atoms with Gasteiger partial charge in [-0.25, -0.2) is 4.39 Å². The van der Waals surface area contributed by atoms with E-state index in [1.54, 1.807) is 25.1 Å². The predicted molar refractivity (Wildman–Crippen MR) is 71.3 cm³/mol. The highest BCUT2D eigenvalue weighted by Crippen LogP contribution is 2.15. The number of carbonyl (C=O) groups is 1. The van der Waals surface area contributed by atoms with Crippen molar-refractivity contribution in [2.24, 2.45) is 0 Å². The van der Waals surface area contributed by atoms with Gasteiger partial charge in [-0.15, -0.1) is 0 Å². The van der Waals surface area contributed by atoms with Gasteiger partial charge in [0.25, 0.3) is 0 Å². The van der Waals surface area contributed by atoms with E-state index in [-0.39, 0.29) is 17.4 Å². The van der Waals surface area contributed by atoms with Crippen LogP contribution >= 0.6 is 11.6 Å². The van der Waals surface area contributed by atoms with Crippen LogP contribution in [-0.2, 0) is 11.2 Å². The summed E-state index contributed by atoms with van der Waals surface area (Å²) in [6.07, 6.45) is 1.28. The zero-order chi connectivity index (χ0) is 14.0. The molecule has 2 aromatic rings. The molecule has 2 rings (SSSR count). The highest BCUT2D eigenvalue weighted by atomic mass is 35.5. The Morgan fingerprint density at radius 2 is 2.05 bits per heavy atom. The van der Waals surface area contributed by atoms with E-state index in [0.29, 0.717) is 11.4 Å². The Bertz CT molecular complexity index is 694. The van der Waals surface area contributed by atoms with Crippen molar-refractivity contribution in [3.8, 4) is 5.69 Å². The van der Waals surface area contributed by atoms with Gasteiger partial charge in [0.05, 0.1) is 12.1 Å². The minimum absolute atomic E-state index is 0.172. The number of nitrogens with zero attached hydrogens (tertiary/aromatic N) is 1. The van der Waals surface area contributed by atoms with Crippen molar-refractivity contribution in [1.29, 1.82) is 0 Å². The van der Waals surface area contributed by atoms with Crippen molar-refractivity contribution in [2.45, 2.75) is 13.3 Å². The number of hydrogen-bond acceptors (Lipinski definition) is 2. The number of halogens is 2. The summed E-state index contributed by atoms with van der Waals surface area (Å²) in [5.74, 6) is -0.405. The Morgan fingerprint density at radius 3 is 2.68 bits per heavy atom. The summed E-state index contributed by atoms with van der Waals surface area (Å²) in [5, 5.41) is -0.624. The lowest BCUT2D eigenvalue weighted by atomic mass is 10.1. The van der Waals surface area contributed by atoms with Gasteiger partial charge in [-0.05, 0) is 30.7 Å². The minimum atomic E-state index is -0.624. The molecule has 19 heavy (non-hydrogen) atoms. The largest absolute Gasteiger partial charge is 0.318 e. The maximum absolute atomic E-state index is 13.8. The number of hydrogen-bond donors (Lipinski definition) is 0. The van der Waals surface area contributed by atoms with Crippen LogP contribution in [-0.4, -0.2) is 9.81 Å². The molecule has 0 aliphatic rings. The first-order chi connectivity index (χ1) is 8.99. The third-order valence-corrected chi connectivity index (χ3v) is 2.90. The van der Waals surface area contributed by atoms with Gasteiger partial charge in [0.2, 0.25) is 5.24 Å². The highest BCUT2D eigenvalue weighted by molar-refractivity contribution is 6.63. The smallest absolute Gasteiger partial charge is 0.226 e. The topological polar surface area (TPSA) is 39.1 Å². The summed E-state index contributed by atoms with van der Waals surface area (Å²) in [6.45, 7) is 1.69. The van der Waals surface area contributed by atoms with E-state index < -0.39 is 11.1 Å². The van der Waals surface area contributed by atoms with E-state index in [1.165, 1.54) is 22.9 Å². The van der Waals surface area contributed by atoms with Crippen LogP contribution in [0.25, 0.3) is 5.69 Å². The molecule has 1 aromatic carbocycles. The SMILES string of the molecule is Cc1cc(=O)c(CC(=O)Cl)cn1-c1ccccc1F. The third-order valence-electron chi connectivity index (χ3n) is 2.76. The Balaban J connectivity index is 2.61. The maximum atomic E-state index is 13.8. The second-order valence-corrected chi connectivity index (χ2v) is 4.58. The highest BCUT2D eigenvalue weighted by Gasteiger charge is 2.10. The summed E-state index contributed by atoms with van der Waals surface area (Å²) in [7, 11) is 0. The zero-order valence-electron chi connectivity index (χ0n) is 10.2. The molecular formula is C14H11ClFNO2. The predicted octanol–water partition coefficient (Wildman–Crippen LogP) is 2.59. The van der Waals surface area contributed by atoms with Crippen LogP contribution in [0.15, 0.2) is 41.3 Å². The van der Waals surface area contributed by atoms with Gasteiger partial charge < -0.3 is 4.57 Å². The van der Waals surface area contributed by atoms with Crippen LogP contribution in [0.3, 0.4) is 0 Å². The van der Waals surface area contributed by atoms with Crippen molar-refractivity contribution in [1.82, 2.24) is 4.57 Å². The molecule has 98 valence electrons. The van der Waals surface area contributed by atoms with Crippen LogP contribution in [0.1, 0.15) is 11.3 Å². The lowest BCUT2D eigenvalue weighted by molar-refractivity contribution is -0.111. The first kappa shape index (κ1) is 13.5. The molecule has 1 heterocycles. The van der Waals surface area contributed by atoms with E-state index in [0.717, 1.165) is 0 Å². The Kier molecular flexibility index (Phi) is 3.81. The fraction of sp³-hybridized carbons (Fsp3) is 0.143. The maximum Gasteiger partial charge on any atom is 0.226 e. The molecule has 5 heteroatoms. The van der Waals surface area contributed by atoms with Gasteiger partial charge in [-0.3, -0.25) is 9.59 Å². The summed E-state index contributed by atoms with van der Waals surface area (Å²) >= 11 is 5.29. The van der Waals surface area contributed by atoms with Crippen molar-refractivity contribution >= 4 is 16.8 Å². The monoisotopic (exact) mass is 279 g/mol. The number of para-hydroxylation sites is 1. The van der Waals surface area contributed by atoms with Gasteiger partial charge in [-0.2, -0.15) is 0 Å². The van der Waals surface area contributed by atoms with Gasteiger partial charge in [0.15, 0.2) is 5.43 Å². The van der Waals surface area contributed by atoms with Crippen LogP contribution in [0.5, 0.6) is 0 Å². The number of pyridine rings is 1. The summed E-state index contributed by atoms with van der Waals surface area (Å²) in [4.78, 5) is 22.6. The lowest BCUT2D eigenvalue weighted by Crippen LogP contribution is -2.16. The lowest BCUT2D eigenvalue weighted by Gasteiger charge is -2.12. The van der Waals surface area contributed by atoms with Gasteiger partial charge >= 0.3 is 0 Å². The van der Waals surface area contributed by atoms with Crippen LogP contribution in [0.4, 0.5) is 4.39 Å². The standard InChI is InChI=1S/C14H11ClFNO2/c1-9-6-13(18)10(7-14(15)19)8-17(9)12-5-3-2-4-11(12)16/h2-6,8H,7H2,1H3. The summed E-state index contributed by atoms with van der Waals surface area (Å²) in [5.41, 5.74) is 0.872. The molecule has 3 nitrogen and oxygen atoms in total. The molecule has 0 saturated heterocycles. The first-order valence-electron chi connectivity index (χ1n) is 5.64. The fourth-order valence-corrected chi connectivity index (χ4v) is 2.01. The van der Waals surface area contributed by atoms with Gasteiger partial charge in [0.1, 0.15) is 5.82 Å². The number of aromatic nitrogens is 1. The number of benzene rings is 1. The van der Waals surface area contributed by atoms with Crippen LogP contribution in [0.2, 0.25) is 0 Å². The molecule has 0 amide bonds. The average molecular weight is 280 g/mol. The molecule has 0 bridgehead atoms. The van der Waals surface area contributed by atoms with Crippen molar-refractivity contribution < 1.29 is 9.18 Å². The number of carbonyl (C=O) groups excluding carboxylic acids is 1. The van der Waals surface area contributed by atoms with Crippen LogP contribution < -0.4 is 5.43 Å². The van der Waals surface area contributed by atoms with E-state index in [4.69, 9.17) is 11.6 Å². The van der Waals surface area contributed by atoms with E-state index in [9.17, 15) is 14.0 Å². The molecule has 0 spiro atoms. The molecule has 0 aliphatic heterocycles. The fourth-order valence-electron chi connectivity index (χ4n) is 1.86. The third kappa shape index (κ3) is 2.90. The zero-order valence-corrected chi connectivity index (χ0v) is 10.9. The molecule has 0 saturated carbocycles. The van der Waals surface area contributed by atoms with E-state index in [1.807, 2.05) is 0 Å². The molecule has 0 fully saturated rings. The molecule has 1 aromatic heterocycles. The Morgan fingerprint density at radius 1 is 1.37 bits per heavy atom.